The minimum absolute atomic E-state index is 0.124. The predicted octanol–water partition coefficient (Wildman–Crippen LogP) is 3.71. The maximum atomic E-state index is 12.8. The lowest BCUT2D eigenvalue weighted by atomic mass is 10.2. The first-order valence-corrected chi connectivity index (χ1v) is 10.8. The SMILES string of the molecule is CC(C)OCCCNC(=O)c1cccc(N(C)S(=O)(=O)c2ccc(Cl)cc2)c1. The molecule has 0 aliphatic carbocycles. The minimum Gasteiger partial charge on any atom is -0.379 e. The van der Waals surface area contributed by atoms with Crippen LogP contribution in [-0.4, -0.2) is 40.6 Å². The van der Waals surface area contributed by atoms with Crippen LogP contribution in [-0.2, 0) is 14.8 Å². The fourth-order valence-corrected chi connectivity index (χ4v) is 3.75. The van der Waals surface area contributed by atoms with Crippen molar-refractivity contribution in [2.75, 3.05) is 24.5 Å². The predicted molar refractivity (Wildman–Crippen MR) is 112 cm³/mol. The zero-order valence-corrected chi connectivity index (χ0v) is 17.8. The van der Waals surface area contributed by atoms with Crippen molar-refractivity contribution < 1.29 is 17.9 Å². The molecule has 0 aliphatic rings. The Kier molecular flexibility index (Phi) is 7.86. The lowest BCUT2D eigenvalue weighted by Gasteiger charge is -2.20. The van der Waals surface area contributed by atoms with Gasteiger partial charge in [0.15, 0.2) is 0 Å². The molecule has 8 heteroatoms. The van der Waals surface area contributed by atoms with Crippen LogP contribution in [0.4, 0.5) is 5.69 Å². The number of hydrogen-bond acceptors (Lipinski definition) is 4. The lowest BCUT2D eigenvalue weighted by Crippen LogP contribution is -2.28. The van der Waals surface area contributed by atoms with Gasteiger partial charge in [-0.2, -0.15) is 0 Å². The van der Waals surface area contributed by atoms with Crippen molar-refractivity contribution in [2.45, 2.75) is 31.3 Å². The molecule has 0 saturated carbocycles. The molecule has 0 fully saturated rings. The number of halogens is 1. The molecule has 0 saturated heterocycles. The molecule has 0 unspecified atom stereocenters. The van der Waals surface area contributed by atoms with Gasteiger partial charge in [0.05, 0.1) is 16.7 Å². The monoisotopic (exact) mass is 424 g/mol. The molecule has 0 atom stereocenters. The Morgan fingerprint density at radius 3 is 2.50 bits per heavy atom. The number of ether oxygens (including phenoxy) is 1. The highest BCUT2D eigenvalue weighted by Crippen LogP contribution is 2.24. The summed E-state index contributed by atoms with van der Waals surface area (Å²) in [5.74, 6) is -0.260. The van der Waals surface area contributed by atoms with Crippen LogP contribution >= 0.6 is 11.6 Å². The fourth-order valence-electron chi connectivity index (χ4n) is 2.44. The molecule has 152 valence electrons. The second-order valence-corrected chi connectivity index (χ2v) is 8.91. The Balaban J connectivity index is 2.07. The Bertz CT molecular complexity index is 899. The molecule has 1 N–H and O–H groups in total. The Morgan fingerprint density at radius 1 is 1.18 bits per heavy atom. The van der Waals surface area contributed by atoms with E-state index in [-0.39, 0.29) is 16.9 Å². The van der Waals surface area contributed by atoms with Gasteiger partial charge < -0.3 is 10.1 Å². The Hall–Kier alpha value is -2.09. The van der Waals surface area contributed by atoms with Crippen molar-refractivity contribution in [1.29, 1.82) is 0 Å². The van der Waals surface area contributed by atoms with Crippen LogP contribution in [0.25, 0.3) is 0 Å². The third-order valence-electron chi connectivity index (χ3n) is 4.00. The summed E-state index contributed by atoms with van der Waals surface area (Å²) in [6.07, 6.45) is 0.861. The van der Waals surface area contributed by atoms with E-state index >= 15 is 0 Å². The molecule has 2 aromatic rings. The van der Waals surface area contributed by atoms with Gasteiger partial charge in [0, 0.05) is 30.8 Å². The first-order chi connectivity index (χ1) is 13.2. The molecule has 6 nitrogen and oxygen atoms in total. The number of rotatable bonds is 9. The molecule has 28 heavy (non-hydrogen) atoms. The molecule has 1 amide bonds. The van der Waals surface area contributed by atoms with Gasteiger partial charge in [-0.15, -0.1) is 0 Å². The van der Waals surface area contributed by atoms with Gasteiger partial charge in [-0.1, -0.05) is 17.7 Å². The summed E-state index contributed by atoms with van der Waals surface area (Å²) < 4.78 is 32.2. The molecule has 0 heterocycles. The molecule has 0 radical (unpaired) electrons. The minimum atomic E-state index is -3.76. The standard InChI is InChI=1S/C20H25ClN2O4S/c1-15(2)27-13-5-12-22-20(24)16-6-4-7-18(14-16)23(3)28(25,26)19-10-8-17(21)9-11-19/h4,6-11,14-15H,5,12-13H2,1-3H3,(H,22,24). The van der Waals surface area contributed by atoms with E-state index in [1.165, 1.54) is 31.3 Å². The normalized spacial score (nSPS) is 11.5. The number of carbonyl (C=O) groups excluding carboxylic acids is 1. The third-order valence-corrected chi connectivity index (χ3v) is 6.05. The summed E-state index contributed by atoms with van der Waals surface area (Å²) in [6.45, 7) is 4.96. The van der Waals surface area contributed by atoms with Gasteiger partial charge in [0.2, 0.25) is 0 Å². The molecular formula is C20H25ClN2O4S. The van der Waals surface area contributed by atoms with Gasteiger partial charge in [-0.3, -0.25) is 9.10 Å². The van der Waals surface area contributed by atoms with Crippen LogP contribution in [0.15, 0.2) is 53.4 Å². The zero-order valence-electron chi connectivity index (χ0n) is 16.2. The number of nitrogens with zero attached hydrogens (tertiary/aromatic N) is 1. The van der Waals surface area contributed by atoms with E-state index in [9.17, 15) is 13.2 Å². The summed E-state index contributed by atoms with van der Waals surface area (Å²) in [7, 11) is -2.31. The topological polar surface area (TPSA) is 75.7 Å². The summed E-state index contributed by atoms with van der Waals surface area (Å²) in [5, 5.41) is 3.27. The summed E-state index contributed by atoms with van der Waals surface area (Å²) in [5.41, 5.74) is 0.783. The second-order valence-electron chi connectivity index (χ2n) is 6.51. The van der Waals surface area contributed by atoms with Crippen molar-refractivity contribution in [3.05, 3.63) is 59.1 Å². The number of benzene rings is 2. The van der Waals surface area contributed by atoms with E-state index in [1.807, 2.05) is 13.8 Å². The van der Waals surface area contributed by atoms with Crippen LogP contribution in [0.3, 0.4) is 0 Å². The van der Waals surface area contributed by atoms with Gasteiger partial charge in [-0.05, 0) is 62.7 Å². The van der Waals surface area contributed by atoms with Crippen LogP contribution in [0, 0.1) is 0 Å². The molecule has 0 aliphatic heterocycles. The van der Waals surface area contributed by atoms with Crippen molar-refractivity contribution in [3.63, 3.8) is 0 Å². The zero-order chi connectivity index (χ0) is 20.7. The van der Waals surface area contributed by atoms with E-state index in [0.29, 0.717) is 35.8 Å². The first kappa shape index (κ1) is 22.2. The first-order valence-electron chi connectivity index (χ1n) is 8.96. The van der Waals surface area contributed by atoms with Crippen LogP contribution < -0.4 is 9.62 Å². The fraction of sp³-hybridized carbons (Fsp3) is 0.350. The molecule has 2 aromatic carbocycles. The number of nitrogens with one attached hydrogen (secondary N) is 1. The summed E-state index contributed by atoms with van der Waals surface area (Å²) >= 11 is 5.83. The molecule has 2 rings (SSSR count). The van der Waals surface area contributed by atoms with Crippen molar-refractivity contribution in [1.82, 2.24) is 5.32 Å². The van der Waals surface area contributed by atoms with Crippen LogP contribution in [0.1, 0.15) is 30.6 Å². The van der Waals surface area contributed by atoms with Gasteiger partial charge >= 0.3 is 0 Å². The van der Waals surface area contributed by atoms with Gasteiger partial charge in [-0.25, -0.2) is 8.42 Å². The summed E-state index contributed by atoms with van der Waals surface area (Å²) in [6, 6.07) is 12.4. The number of anilines is 1. The molecule has 0 aromatic heterocycles. The number of amides is 1. The molecule has 0 spiro atoms. The van der Waals surface area contributed by atoms with Crippen LogP contribution in [0.2, 0.25) is 5.02 Å². The largest absolute Gasteiger partial charge is 0.379 e. The number of sulfonamides is 1. The van der Waals surface area contributed by atoms with Crippen molar-refractivity contribution >= 4 is 33.2 Å². The maximum absolute atomic E-state index is 12.8. The average molecular weight is 425 g/mol. The van der Waals surface area contributed by atoms with E-state index in [4.69, 9.17) is 16.3 Å². The van der Waals surface area contributed by atoms with Gasteiger partial charge in [0.25, 0.3) is 15.9 Å². The maximum Gasteiger partial charge on any atom is 0.264 e. The van der Waals surface area contributed by atoms with Crippen molar-refractivity contribution in [3.8, 4) is 0 Å². The summed E-state index contributed by atoms with van der Waals surface area (Å²) in [4.78, 5) is 12.5. The Morgan fingerprint density at radius 2 is 1.86 bits per heavy atom. The smallest absolute Gasteiger partial charge is 0.264 e. The van der Waals surface area contributed by atoms with Gasteiger partial charge in [0.1, 0.15) is 0 Å². The Labute approximate surface area is 171 Å². The average Bonchev–Trinajstić information content (AvgIpc) is 2.67. The van der Waals surface area contributed by atoms with Crippen LogP contribution in [0.5, 0.6) is 0 Å². The quantitative estimate of drug-likeness (QED) is 0.622. The van der Waals surface area contributed by atoms with E-state index in [2.05, 4.69) is 5.32 Å². The highest BCUT2D eigenvalue weighted by Gasteiger charge is 2.22. The number of carbonyl (C=O) groups is 1. The highest BCUT2D eigenvalue weighted by atomic mass is 35.5. The van der Waals surface area contributed by atoms with Crippen molar-refractivity contribution in [2.24, 2.45) is 0 Å². The lowest BCUT2D eigenvalue weighted by molar-refractivity contribution is 0.0757. The highest BCUT2D eigenvalue weighted by molar-refractivity contribution is 7.92. The van der Waals surface area contributed by atoms with E-state index in [1.54, 1.807) is 24.3 Å². The molecule has 0 bridgehead atoms. The second kappa shape index (κ2) is 9.91. The number of hydrogen-bond donors (Lipinski definition) is 1. The van der Waals surface area contributed by atoms with E-state index in [0.717, 1.165) is 4.31 Å². The van der Waals surface area contributed by atoms with E-state index < -0.39 is 10.0 Å². The molecular weight excluding hydrogens is 400 g/mol. The third kappa shape index (κ3) is 5.95.